The Morgan fingerprint density at radius 1 is 1.38 bits per heavy atom. The van der Waals surface area contributed by atoms with Gasteiger partial charge in [0.2, 0.25) is 0 Å². The van der Waals surface area contributed by atoms with E-state index in [1.165, 1.54) is 38.4 Å². The van der Waals surface area contributed by atoms with E-state index in [2.05, 4.69) is 15.2 Å². The predicted octanol–water partition coefficient (Wildman–Crippen LogP) is 3.38. The highest BCUT2D eigenvalue weighted by molar-refractivity contribution is 6.33. The monoisotopic (exact) mass is 422 g/mol. The summed E-state index contributed by atoms with van der Waals surface area (Å²) < 4.78 is 0. The van der Waals surface area contributed by atoms with Crippen LogP contribution in [0.15, 0.2) is 18.3 Å². The lowest BCUT2D eigenvalue weighted by atomic mass is 10.1. The number of piperidine rings is 1. The van der Waals surface area contributed by atoms with Crippen molar-refractivity contribution < 1.29 is 10.0 Å². The van der Waals surface area contributed by atoms with Crippen molar-refractivity contribution in [2.75, 3.05) is 25.0 Å². The van der Waals surface area contributed by atoms with E-state index in [1.807, 2.05) is 0 Å². The number of nitrogens with zero attached hydrogens (tertiary/aromatic N) is 2. The maximum Gasteiger partial charge on any atom is 0.267 e. The summed E-state index contributed by atoms with van der Waals surface area (Å²) in [7, 11) is 0. The van der Waals surface area contributed by atoms with E-state index in [4.69, 9.17) is 16.8 Å². The van der Waals surface area contributed by atoms with Crippen LogP contribution in [-0.4, -0.2) is 46.7 Å². The molecule has 1 aromatic rings. The Hall–Kier alpha value is -1.05. The van der Waals surface area contributed by atoms with Crippen LogP contribution in [0.4, 0.5) is 5.82 Å². The third-order valence-corrected chi connectivity index (χ3v) is 4.75. The highest BCUT2D eigenvalue weighted by atomic mass is 35.5. The first-order valence-electron chi connectivity index (χ1n) is 8.40. The third-order valence-electron chi connectivity index (χ3n) is 4.46. The van der Waals surface area contributed by atoms with Gasteiger partial charge in [-0.05, 0) is 55.9 Å². The summed E-state index contributed by atoms with van der Waals surface area (Å²) in [4.78, 5) is 17.9. The van der Waals surface area contributed by atoms with Gasteiger partial charge in [0.25, 0.3) is 5.91 Å². The summed E-state index contributed by atoms with van der Waals surface area (Å²) >= 11 is 6.31. The van der Waals surface area contributed by atoms with Crippen LogP contribution in [0, 0.1) is 5.92 Å². The molecule has 1 saturated carbocycles. The first-order valence-corrected chi connectivity index (χ1v) is 8.78. The standard InChI is InChI=1S/C17H23ClN4O2.2ClH/c18-15-8-13(5-6-16(23)21-24)9-19-17(15)20-14-2-1-7-22(11-14)10-12-3-4-12;;/h5-6,8-9,12,14,24H,1-4,7,10-11H2,(H,19,20)(H,21,23);2*1H/b6-5+;;. The van der Waals surface area contributed by atoms with Gasteiger partial charge in [0, 0.05) is 31.4 Å². The van der Waals surface area contributed by atoms with E-state index in [-0.39, 0.29) is 24.8 Å². The van der Waals surface area contributed by atoms with E-state index < -0.39 is 5.91 Å². The van der Waals surface area contributed by atoms with Gasteiger partial charge in [-0.2, -0.15) is 0 Å². The van der Waals surface area contributed by atoms with Crippen molar-refractivity contribution in [3.63, 3.8) is 0 Å². The van der Waals surface area contributed by atoms with E-state index in [0.717, 1.165) is 18.9 Å². The topological polar surface area (TPSA) is 77.5 Å². The Labute approximate surface area is 171 Å². The number of rotatable bonds is 6. The lowest BCUT2D eigenvalue weighted by Crippen LogP contribution is -2.43. The van der Waals surface area contributed by atoms with Crippen LogP contribution in [0.1, 0.15) is 31.2 Å². The van der Waals surface area contributed by atoms with Crippen molar-refractivity contribution in [3.05, 3.63) is 28.9 Å². The number of hydrogen-bond acceptors (Lipinski definition) is 5. The van der Waals surface area contributed by atoms with Gasteiger partial charge in [0.15, 0.2) is 0 Å². The summed E-state index contributed by atoms with van der Waals surface area (Å²) in [6.45, 7) is 3.44. The number of nitrogens with one attached hydrogen (secondary N) is 2. The molecule has 2 aliphatic rings. The van der Waals surface area contributed by atoms with Crippen molar-refractivity contribution in [1.29, 1.82) is 0 Å². The van der Waals surface area contributed by atoms with Gasteiger partial charge in [-0.1, -0.05) is 11.6 Å². The van der Waals surface area contributed by atoms with Crippen LogP contribution in [-0.2, 0) is 4.79 Å². The molecule has 1 amide bonds. The Morgan fingerprint density at radius 3 is 2.81 bits per heavy atom. The van der Waals surface area contributed by atoms with Gasteiger partial charge in [-0.15, -0.1) is 24.8 Å². The molecule has 3 N–H and O–H groups in total. The van der Waals surface area contributed by atoms with Crippen LogP contribution >= 0.6 is 36.4 Å². The SMILES string of the molecule is Cl.Cl.O=C(/C=C/c1cnc(NC2CCCN(CC3CC3)C2)c(Cl)c1)NO. The zero-order valence-electron chi connectivity index (χ0n) is 14.4. The summed E-state index contributed by atoms with van der Waals surface area (Å²) in [5.74, 6) is 0.998. The van der Waals surface area contributed by atoms with Crippen molar-refractivity contribution in [3.8, 4) is 0 Å². The molecular weight excluding hydrogens is 399 g/mol. The van der Waals surface area contributed by atoms with Crippen molar-refractivity contribution in [1.82, 2.24) is 15.4 Å². The summed E-state index contributed by atoms with van der Waals surface area (Å²) in [5, 5.41) is 12.4. The second-order valence-electron chi connectivity index (χ2n) is 6.59. The second-order valence-corrected chi connectivity index (χ2v) is 7.00. The number of amides is 1. The quantitative estimate of drug-likeness (QED) is 0.371. The number of carbonyl (C=O) groups excluding carboxylic acids is 1. The lowest BCUT2D eigenvalue weighted by molar-refractivity contribution is -0.124. The predicted molar refractivity (Wildman–Crippen MR) is 109 cm³/mol. The minimum atomic E-state index is -0.591. The molecule has 146 valence electrons. The minimum absolute atomic E-state index is 0. The summed E-state index contributed by atoms with van der Waals surface area (Å²) in [6.07, 6.45) is 9.50. The van der Waals surface area contributed by atoms with Crippen molar-refractivity contribution >= 4 is 54.2 Å². The van der Waals surface area contributed by atoms with Gasteiger partial charge in [0.05, 0.1) is 5.02 Å². The number of likely N-dealkylation sites (tertiary alicyclic amines) is 1. The van der Waals surface area contributed by atoms with Gasteiger partial charge in [-0.3, -0.25) is 10.0 Å². The molecule has 9 heteroatoms. The molecule has 26 heavy (non-hydrogen) atoms. The van der Waals surface area contributed by atoms with Crippen LogP contribution in [0.3, 0.4) is 0 Å². The van der Waals surface area contributed by atoms with Crippen LogP contribution in [0.2, 0.25) is 5.02 Å². The molecule has 1 aliphatic heterocycles. The van der Waals surface area contributed by atoms with Crippen LogP contribution < -0.4 is 10.8 Å². The molecule has 0 spiro atoms. The Kier molecular flexibility index (Phi) is 9.68. The smallest absolute Gasteiger partial charge is 0.267 e. The number of carbonyl (C=O) groups is 1. The second kappa shape index (κ2) is 10.9. The lowest BCUT2D eigenvalue weighted by Gasteiger charge is -2.33. The fraction of sp³-hybridized carbons (Fsp3) is 0.529. The van der Waals surface area contributed by atoms with Gasteiger partial charge >= 0.3 is 0 Å². The van der Waals surface area contributed by atoms with Crippen molar-refractivity contribution in [2.24, 2.45) is 5.92 Å². The number of halogens is 3. The molecule has 2 heterocycles. The van der Waals surface area contributed by atoms with Crippen LogP contribution in [0.25, 0.3) is 6.08 Å². The molecular formula is C17H25Cl3N4O2. The number of pyridine rings is 1. The normalized spacial score (nSPS) is 20.2. The Morgan fingerprint density at radius 2 is 2.15 bits per heavy atom. The molecule has 0 aromatic carbocycles. The maximum absolute atomic E-state index is 11.0. The highest BCUT2D eigenvalue weighted by Crippen LogP contribution is 2.31. The van der Waals surface area contributed by atoms with E-state index >= 15 is 0 Å². The zero-order chi connectivity index (χ0) is 16.9. The molecule has 6 nitrogen and oxygen atoms in total. The number of hydroxylamine groups is 1. The first kappa shape index (κ1) is 23.0. The average molecular weight is 424 g/mol. The molecule has 1 aliphatic carbocycles. The Balaban J connectivity index is 0.00000169. The molecule has 0 radical (unpaired) electrons. The molecule has 1 saturated heterocycles. The molecule has 1 unspecified atom stereocenters. The van der Waals surface area contributed by atoms with Crippen molar-refractivity contribution in [2.45, 2.75) is 31.7 Å². The van der Waals surface area contributed by atoms with E-state index in [1.54, 1.807) is 23.8 Å². The fourth-order valence-electron chi connectivity index (χ4n) is 3.06. The first-order chi connectivity index (χ1) is 11.6. The third kappa shape index (κ3) is 6.93. The Bertz CT molecular complexity index is 626. The molecule has 3 rings (SSSR count). The van der Waals surface area contributed by atoms with Gasteiger partial charge in [0.1, 0.15) is 5.82 Å². The van der Waals surface area contributed by atoms with E-state index in [9.17, 15) is 4.79 Å². The highest BCUT2D eigenvalue weighted by Gasteiger charge is 2.27. The number of hydrogen-bond donors (Lipinski definition) is 3. The fourth-order valence-corrected chi connectivity index (χ4v) is 3.29. The summed E-state index contributed by atoms with van der Waals surface area (Å²) in [5.41, 5.74) is 2.24. The van der Waals surface area contributed by atoms with Gasteiger partial charge < -0.3 is 10.2 Å². The largest absolute Gasteiger partial charge is 0.365 e. The molecule has 1 aromatic heterocycles. The molecule has 0 bridgehead atoms. The van der Waals surface area contributed by atoms with Crippen LogP contribution in [0.5, 0.6) is 0 Å². The average Bonchev–Trinajstić information content (AvgIpc) is 3.39. The zero-order valence-corrected chi connectivity index (χ0v) is 16.7. The van der Waals surface area contributed by atoms with Gasteiger partial charge in [-0.25, -0.2) is 10.5 Å². The minimum Gasteiger partial charge on any atom is -0.365 e. The van der Waals surface area contributed by atoms with E-state index in [0.29, 0.717) is 22.4 Å². The number of anilines is 1. The molecule has 1 atom stereocenters. The summed E-state index contributed by atoms with van der Waals surface area (Å²) in [6, 6.07) is 2.12. The maximum atomic E-state index is 11.0. The molecule has 2 fully saturated rings. The number of aromatic nitrogens is 1.